The van der Waals surface area contributed by atoms with E-state index in [0.717, 1.165) is 11.1 Å². The molecule has 0 aliphatic heterocycles. The van der Waals surface area contributed by atoms with Crippen LogP contribution in [-0.4, -0.2) is 0 Å². The minimum atomic E-state index is 1.12. The summed E-state index contributed by atoms with van der Waals surface area (Å²) in [6.45, 7) is 7.87. The third-order valence-electron chi connectivity index (χ3n) is 4.87. The Balaban J connectivity index is 1.83. The predicted molar refractivity (Wildman–Crippen MR) is 128 cm³/mol. The summed E-state index contributed by atoms with van der Waals surface area (Å²) >= 11 is 1.80. The summed E-state index contributed by atoms with van der Waals surface area (Å²) in [5.41, 5.74) is 7.11. The molecule has 0 radical (unpaired) electrons. The maximum atomic E-state index is 3.94. The molecule has 0 fully saturated rings. The zero-order chi connectivity index (χ0) is 20.1. The molecule has 0 nitrogen and oxygen atoms in total. The van der Waals surface area contributed by atoms with Gasteiger partial charge in [0.1, 0.15) is 0 Å². The van der Waals surface area contributed by atoms with Crippen molar-refractivity contribution in [1.29, 1.82) is 0 Å². The third kappa shape index (κ3) is 4.26. The SMILES string of the molecule is C=Cc1ccc(Sc2ccc(C=C)cc2-c2ccccc2)c(-c2ccccc2)c1. The van der Waals surface area contributed by atoms with Crippen molar-refractivity contribution in [3.8, 4) is 22.3 Å². The van der Waals surface area contributed by atoms with Crippen LogP contribution in [0.1, 0.15) is 11.1 Å². The molecule has 4 aromatic rings. The average molecular weight is 391 g/mol. The smallest absolute Gasteiger partial charge is 0.0201 e. The van der Waals surface area contributed by atoms with E-state index < -0.39 is 0 Å². The van der Waals surface area contributed by atoms with Crippen molar-refractivity contribution >= 4 is 23.9 Å². The van der Waals surface area contributed by atoms with Crippen molar-refractivity contribution in [1.82, 2.24) is 0 Å². The molecule has 140 valence electrons. The summed E-state index contributed by atoms with van der Waals surface area (Å²) in [7, 11) is 0. The zero-order valence-corrected chi connectivity index (χ0v) is 17.0. The highest BCUT2D eigenvalue weighted by Crippen LogP contribution is 2.41. The molecule has 0 aliphatic rings. The first-order chi connectivity index (χ1) is 14.3. The molecule has 0 unspecified atom stereocenters. The summed E-state index contributed by atoms with van der Waals surface area (Å²) in [6, 6.07) is 34.1. The fraction of sp³-hybridized carbons (Fsp3) is 0. The van der Waals surface area contributed by atoms with Gasteiger partial charge in [-0.3, -0.25) is 0 Å². The second-order valence-corrected chi connectivity index (χ2v) is 7.84. The molecule has 0 N–H and O–H groups in total. The van der Waals surface area contributed by atoms with E-state index in [1.165, 1.54) is 32.0 Å². The topological polar surface area (TPSA) is 0 Å². The quantitative estimate of drug-likeness (QED) is 0.318. The summed E-state index contributed by atoms with van der Waals surface area (Å²) in [5, 5.41) is 0. The van der Waals surface area contributed by atoms with Gasteiger partial charge in [0.15, 0.2) is 0 Å². The van der Waals surface area contributed by atoms with Gasteiger partial charge < -0.3 is 0 Å². The highest BCUT2D eigenvalue weighted by molar-refractivity contribution is 7.99. The van der Waals surface area contributed by atoms with Crippen LogP contribution in [0.5, 0.6) is 0 Å². The number of hydrogen-bond acceptors (Lipinski definition) is 1. The normalized spacial score (nSPS) is 10.5. The number of benzene rings is 4. The molecule has 0 atom stereocenters. The molecule has 0 aromatic heterocycles. The maximum absolute atomic E-state index is 3.94. The third-order valence-corrected chi connectivity index (χ3v) is 6.02. The van der Waals surface area contributed by atoms with Crippen molar-refractivity contribution in [3.63, 3.8) is 0 Å². The predicted octanol–water partition coefficient (Wildman–Crippen LogP) is 8.46. The van der Waals surface area contributed by atoms with Crippen molar-refractivity contribution in [2.45, 2.75) is 9.79 Å². The lowest BCUT2D eigenvalue weighted by molar-refractivity contribution is 1.38. The fourth-order valence-electron chi connectivity index (χ4n) is 3.33. The van der Waals surface area contributed by atoms with Crippen molar-refractivity contribution in [2.24, 2.45) is 0 Å². The highest BCUT2D eigenvalue weighted by atomic mass is 32.2. The number of rotatable bonds is 6. The summed E-state index contributed by atoms with van der Waals surface area (Å²) in [6.07, 6.45) is 3.80. The highest BCUT2D eigenvalue weighted by Gasteiger charge is 2.12. The van der Waals surface area contributed by atoms with E-state index in [4.69, 9.17) is 0 Å². The van der Waals surface area contributed by atoms with Crippen molar-refractivity contribution < 1.29 is 0 Å². The van der Waals surface area contributed by atoms with E-state index in [1.807, 2.05) is 12.2 Å². The van der Waals surface area contributed by atoms with Crippen LogP contribution in [0.2, 0.25) is 0 Å². The van der Waals surface area contributed by atoms with Crippen LogP contribution >= 0.6 is 11.8 Å². The molecule has 0 aliphatic carbocycles. The molecule has 0 saturated carbocycles. The van der Waals surface area contributed by atoms with Crippen molar-refractivity contribution in [2.75, 3.05) is 0 Å². The minimum Gasteiger partial charge on any atom is -0.0985 e. The molecule has 4 rings (SSSR count). The Kier molecular flexibility index (Phi) is 5.79. The van der Waals surface area contributed by atoms with Gasteiger partial charge in [-0.2, -0.15) is 0 Å². The Morgan fingerprint density at radius 3 is 1.31 bits per heavy atom. The molecule has 0 amide bonds. The van der Waals surface area contributed by atoms with E-state index in [2.05, 4.69) is 110 Å². The zero-order valence-electron chi connectivity index (χ0n) is 16.2. The van der Waals surface area contributed by atoms with Crippen LogP contribution in [0, 0.1) is 0 Å². The van der Waals surface area contributed by atoms with E-state index in [9.17, 15) is 0 Å². The second-order valence-electron chi connectivity index (χ2n) is 6.75. The first-order valence-electron chi connectivity index (χ1n) is 9.60. The minimum absolute atomic E-state index is 1.12. The average Bonchev–Trinajstić information content (AvgIpc) is 2.80. The van der Waals surface area contributed by atoms with Gasteiger partial charge in [0.05, 0.1) is 0 Å². The largest absolute Gasteiger partial charge is 0.0985 e. The van der Waals surface area contributed by atoms with Gasteiger partial charge in [0, 0.05) is 9.79 Å². The maximum Gasteiger partial charge on any atom is 0.0201 e. The summed E-state index contributed by atoms with van der Waals surface area (Å²) < 4.78 is 0. The molecule has 0 spiro atoms. The van der Waals surface area contributed by atoms with Gasteiger partial charge in [-0.1, -0.05) is 110 Å². The molecular weight excluding hydrogens is 368 g/mol. The van der Waals surface area contributed by atoms with Gasteiger partial charge in [0.2, 0.25) is 0 Å². The lowest BCUT2D eigenvalue weighted by Gasteiger charge is -2.14. The van der Waals surface area contributed by atoms with E-state index in [0.29, 0.717) is 0 Å². The second kappa shape index (κ2) is 8.81. The van der Waals surface area contributed by atoms with Crippen LogP contribution in [0.25, 0.3) is 34.4 Å². The van der Waals surface area contributed by atoms with Gasteiger partial charge in [-0.05, 0) is 57.6 Å². The summed E-state index contributed by atoms with van der Waals surface area (Å²) in [4.78, 5) is 2.45. The molecular formula is C28H22S. The molecule has 0 bridgehead atoms. The monoisotopic (exact) mass is 390 g/mol. The Labute approximate surface area is 177 Å². The molecule has 1 heteroatoms. The number of hydrogen-bond donors (Lipinski definition) is 0. The molecule has 4 aromatic carbocycles. The molecule has 0 heterocycles. The Morgan fingerprint density at radius 2 is 0.931 bits per heavy atom. The lowest BCUT2D eigenvalue weighted by atomic mass is 10.0. The Bertz CT molecular complexity index is 1050. The standard InChI is InChI=1S/C28H22S/c1-3-21-15-17-27(25(19-21)23-11-7-5-8-12-23)29-28-18-16-22(4-2)20-26(28)24-13-9-6-10-14-24/h3-20H,1-2H2. The first-order valence-corrected chi connectivity index (χ1v) is 10.4. The van der Waals surface area contributed by atoms with E-state index >= 15 is 0 Å². The fourth-order valence-corrected chi connectivity index (χ4v) is 4.41. The van der Waals surface area contributed by atoms with Crippen LogP contribution in [0.3, 0.4) is 0 Å². The van der Waals surface area contributed by atoms with Gasteiger partial charge in [-0.25, -0.2) is 0 Å². The van der Waals surface area contributed by atoms with Gasteiger partial charge >= 0.3 is 0 Å². The van der Waals surface area contributed by atoms with Crippen LogP contribution in [0.15, 0.2) is 120 Å². The van der Waals surface area contributed by atoms with Crippen LogP contribution < -0.4 is 0 Å². The lowest BCUT2D eigenvalue weighted by Crippen LogP contribution is -1.88. The van der Waals surface area contributed by atoms with Gasteiger partial charge in [-0.15, -0.1) is 0 Å². The summed E-state index contributed by atoms with van der Waals surface area (Å²) in [5.74, 6) is 0. The molecule has 0 saturated heterocycles. The Morgan fingerprint density at radius 1 is 0.517 bits per heavy atom. The van der Waals surface area contributed by atoms with E-state index in [-0.39, 0.29) is 0 Å². The Hall–Kier alpha value is -3.29. The van der Waals surface area contributed by atoms with Crippen molar-refractivity contribution in [3.05, 3.63) is 121 Å². The van der Waals surface area contributed by atoms with E-state index in [1.54, 1.807) is 11.8 Å². The van der Waals surface area contributed by atoms with Crippen LogP contribution in [-0.2, 0) is 0 Å². The first kappa shape index (κ1) is 19.0. The molecule has 29 heavy (non-hydrogen) atoms. The van der Waals surface area contributed by atoms with Crippen LogP contribution in [0.4, 0.5) is 0 Å². The van der Waals surface area contributed by atoms with Gasteiger partial charge in [0.25, 0.3) is 0 Å².